The average Bonchev–Trinajstić information content (AvgIpc) is 3.23. The van der Waals surface area contributed by atoms with E-state index in [1.54, 1.807) is 0 Å². The largest absolute Gasteiger partial charge is 0.489 e. The number of amides is 1. The van der Waals surface area contributed by atoms with Crippen LogP contribution in [0.2, 0.25) is 0 Å². The first-order chi connectivity index (χ1) is 17.7. The van der Waals surface area contributed by atoms with E-state index in [0.29, 0.717) is 25.4 Å². The minimum absolute atomic E-state index is 0.206. The number of cyclic esters (lactones) is 1. The first kappa shape index (κ1) is 27.0. The van der Waals surface area contributed by atoms with Crippen LogP contribution in [0.5, 0.6) is 5.75 Å². The summed E-state index contributed by atoms with van der Waals surface area (Å²) in [4.78, 5) is 25.6. The van der Waals surface area contributed by atoms with E-state index in [4.69, 9.17) is 14.2 Å². The van der Waals surface area contributed by atoms with Crippen LogP contribution >= 0.6 is 0 Å². The summed E-state index contributed by atoms with van der Waals surface area (Å²) in [6, 6.07) is 17.8. The van der Waals surface area contributed by atoms with Crippen molar-refractivity contribution in [3.05, 3.63) is 65.7 Å². The molecule has 1 N–H and O–H groups in total. The lowest BCUT2D eigenvalue weighted by Crippen LogP contribution is -2.45. The lowest BCUT2D eigenvalue weighted by Gasteiger charge is -2.30. The summed E-state index contributed by atoms with van der Waals surface area (Å²) in [7, 11) is 0. The SMILES string of the molecule is CC(C)(C)OC(=O)N[C@@H](CC1CCCCC1)[C@H]1C[C@@H](Cc2ccc(OCc3ccccc3)cc2)OC1=O. The Kier molecular flexibility index (Phi) is 9.12. The van der Waals surface area contributed by atoms with Crippen molar-refractivity contribution in [1.82, 2.24) is 5.32 Å². The van der Waals surface area contributed by atoms with Crippen molar-refractivity contribution in [3.63, 3.8) is 0 Å². The zero-order valence-electron chi connectivity index (χ0n) is 22.4. The summed E-state index contributed by atoms with van der Waals surface area (Å²) in [5.41, 5.74) is 1.63. The smallest absolute Gasteiger partial charge is 0.407 e. The van der Waals surface area contributed by atoms with Gasteiger partial charge in [-0.3, -0.25) is 4.79 Å². The molecular weight excluding hydrogens is 466 g/mol. The van der Waals surface area contributed by atoms with Gasteiger partial charge in [-0.25, -0.2) is 4.79 Å². The van der Waals surface area contributed by atoms with Crippen LogP contribution in [-0.4, -0.2) is 29.8 Å². The van der Waals surface area contributed by atoms with E-state index in [9.17, 15) is 9.59 Å². The highest BCUT2D eigenvalue weighted by atomic mass is 16.6. The van der Waals surface area contributed by atoms with Crippen LogP contribution < -0.4 is 10.1 Å². The molecule has 1 aliphatic heterocycles. The molecule has 1 aliphatic carbocycles. The van der Waals surface area contributed by atoms with Gasteiger partial charge in [0, 0.05) is 12.5 Å². The van der Waals surface area contributed by atoms with Crippen molar-refractivity contribution < 1.29 is 23.8 Å². The zero-order valence-corrected chi connectivity index (χ0v) is 22.4. The van der Waals surface area contributed by atoms with Crippen molar-refractivity contribution in [2.75, 3.05) is 0 Å². The summed E-state index contributed by atoms with van der Waals surface area (Å²) in [5.74, 6) is 0.754. The predicted octanol–water partition coefficient (Wildman–Crippen LogP) is 6.60. The number of hydrogen-bond donors (Lipinski definition) is 1. The highest BCUT2D eigenvalue weighted by molar-refractivity contribution is 5.77. The standard InChI is InChI=1S/C31H41NO5/c1-31(2,3)37-30(34)32-28(19-22-10-6-4-7-11-22)27-20-26(36-29(27)33)18-23-14-16-25(17-15-23)35-21-24-12-8-5-9-13-24/h5,8-9,12-17,22,26-28H,4,6-7,10-11,18-21H2,1-3H3,(H,32,34)/t26-,27-,28+/m1/s1. The maximum atomic E-state index is 13.0. The lowest BCUT2D eigenvalue weighted by atomic mass is 9.81. The van der Waals surface area contributed by atoms with Gasteiger partial charge in [-0.1, -0.05) is 74.6 Å². The maximum Gasteiger partial charge on any atom is 0.407 e. The Morgan fingerprint density at radius 1 is 1.00 bits per heavy atom. The van der Waals surface area contributed by atoms with Gasteiger partial charge in [0.05, 0.1) is 5.92 Å². The second-order valence-corrected chi connectivity index (χ2v) is 11.5. The van der Waals surface area contributed by atoms with E-state index < -0.39 is 11.7 Å². The molecule has 6 nitrogen and oxygen atoms in total. The van der Waals surface area contributed by atoms with Gasteiger partial charge >= 0.3 is 12.1 Å². The number of esters is 1. The third-order valence-electron chi connectivity index (χ3n) is 7.24. The topological polar surface area (TPSA) is 73.9 Å². The predicted molar refractivity (Wildman–Crippen MR) is 143 cm³/mol. The second kappa shape index (κ2) is 12.5. The molecular formula is C31H41NO5. The molecule has 4 rings (SSSR count). The number of hydrogen-bond acceptors (Lipinski definition) is 5. The van der Waals surface area contributed by atoms with Crippen LogP contribution in [0.3, 0.4) is 0 Å². The summed E-state index contributed by atoms with van der Waals surface area (Å²) in [5, 5.41) is 3.03. The van der Waals surface area contributed by atoms with E-state index in [2.05, 4.69) is 5.32 Å². The first-order valence-corrected chi connectivity index (χ1v) is 13.7. The van der Waals surface area contributed by atoms with Crippen LogP contribution in [0.1, 0.15) is 76.8 Å². The third kappa shape index (κ3) is 8.51. The number of alkyl carbamates (subject to hydrolysis) is 1. The van der Waals surface area contributed by atoms with Crippen molar-refractivity contribution in [3.8, 4) is 5.75 Å². The quantitative estimate of drug-likeness (QED) is 0.387. The van der Waals surface area contributed by atoms with E-state index in [1.165, 1.54) is 19.3 Å². The molecule has 0 aromatic heterocycles. The minimum atomic E-state index is -0.588. The van der Waals surface area contributed by atoms with Gasteiger partial charge in [0.25, 0.3) is 0 Å². The fraction of sp³-hybridized carbons (Fsp3) is 0.548. The van der Waals surface area contributed by atoms with Crippen molar-refractivity contribution >= 4 is 12.1 Å². The van der Waals surface area contributed by atoms with Gasteiger partial charge in [-0.05, 0) is 62.8 Å². The van der Waals surface area contributed by atoms with E-state index in [1.807, 2.05) is 75.4 Å². The molecule has 2 aromatic rings. The number of rotatable bonds is 9. The Morgan fingerprint density at radius 2 is 1.70 bits per heavy atom. The maximum absolute atomic E-state index is 13.0. The molecule has 1 amide bonds. The van der Waals surface area contributed by atoms with Gasteiger partial charge in [-0.2, -0.15) is 0 Å². The van der Waals surface area contributed by atoms with Crippen molar-refractivity contribution in [2.45, 2.75) is 96.5 Å². The molecule has 2 fully saturated rings. The molecule has 3 atom stereocenters. The lowest BCUT2D eigenvalue weighted by molar-refractivity contribution is -0.145. The number of carbonyl (C=O) groups is 2. The fourth-order valence-corrected chi connectivity index (χ4v) is 5.42. The molecule has 2 aromatic carbocycles. The van der Waals surface area contributed by atoms with Crippen LogP contribution in [0.25, 0.3) is 0 Å². The molecule has 0 radical (unpaired) electrons. The minimum Gasteiger partial charge on any atom is -0.489 e. The van der Waals surface area contributed by atoms with Crippen LogP contribution in [0.4, 0.5) is 4.79 Å². The van der Waals surface area contributed by atoms with Gasteiger partial charge in [-0.15, -0.1) is 0 Å². The van der Waals surface area contributed by atoms with E-state index in [-0.39, 0.29) is 24.0 Å². The summed E-state index contributed by atoms with van der Waals surface area (Å²) >= 11 is 0. The number of benzene rings is 2. The fourth-order valence-electron chi connectivity index (χ4n) is 5.42. The van der Waals surface area contributed by atoms with Gasteiger partial charge in [0.2, 0.25) is 0 Å². The molecule has 200 valence electrons. The molecule has 37 heavy (non-hydrogen) atoms. The molecule has 6 heteroatoms. The zero-order chi connectivity index (χ0) is 26.3. The first-order valence-electron chi connectivity index (χ1n) is 13.7. The molecule has 0 bridgehead atoms. The third-order valence-corrected chi connectivity index (χ3v) is 7.24. The number of ether oxygens (including phenoxy) is 3. The Labute approximate surface area is 221 Å². The Bertz CT molecular complexity index is 1010. The van der Waals surface area contributed by atoms with E-state index >= 15 is 0 Å². The average molecular weight is 508 g/mol. The van der Waals surface area contributed by atoms with Gasteiger partial charge in [0.1, 0.15) is 24.1 Å². The second-order valence-electron chi connectivity index (χ2n) is 11.5. The molecule has 0 spiro atoms. The number of nitrogens with one attached hydrogen (secondary N) is 1. The monoisotopic (exact) mass is 507 g/mol. The molecule has 1 heterocycles. The van der Waals surface area contributed by atoms with Crippen molar-refractivity contribution in [1.29, 1.82) is 0 Å². The van der Waals surface area contributed by atoms with Crippen LogP contribution in [0, 0.1) is 11.8 Å². The van der Waals surface area contributed by atoms with Crippen LogP contribution in [0.15, 0.2) is 54.6 Å². The number of carbonyl (C=O) groups excluding carboxylic acids is 2. The molecule has 0 unspecified atom stereocenters. The normalized spacial score (nSPS) is 21.2. The summed E-state index contributed by atoms with van der Waals surface area (Å²) in [6.07, 6.45) is 7.36. The van der Waals surface area contributed by atoms with Crippen molar-refractivity contribution in [2.24, 2.45) is 11.8 Å². The Morgan fingerprint density at radius 3 is 2.38 bits per heavy atom. The highest BCUT2D eigenvalue weighted by Gasteiger charge is 2.41. The summed E-state index contributed by atoms with van der Waals surface area (Å²) in [6.45, 7) is 6.07. The van der Waals surface area contributed by atoms with Gasteiger partial charge < -0.3 is 19.5 Å². The van der Waals surface area contributed by atoms with Gasteiger partial charge in [0.15, 0.2) is 0 Å². The van der Waals surface area contributed by atoms with E-state index in [0.717, 1.165) is 36.1 Å². The highest BCUT2D eigenvalue weighted by Crippen LogP contribution is 2.34. The molecule has 2 aliphatic rings. The Balaban J connectivity index is 1.34. The summed E-state index contributed by atoms with van der Waals surface area (Å²) < 4.78 is 17.2. The van der Waals surface area contributed by atoms with Crippen LogP contribution in [-0.2, 0) is 27.3 Å². The molecule has 1 saturated carbocycles. The molecule has 1 saturated heterocycles. The Hall–Kier alpha value is -3.02.